The van der Waals surface area contributed by atoms with Crippen LogP contribution in [0, 0.1) is 6.92 Å². The van der Waals surface area contributed by atoms with Crippen molar-refractivity contribution >= 4 is 15.9 Å². The number of hydrogen-bond donors (Lipinski definition) is 0. The second kappa shape index (κ2) is 5.02. The molecule has 2 heterocycles. The van der Waals surface area contributed by atoms with Gasteiger partial charge < -0.3 is 4.74 Å². The molecule has 104 valence electrons. The van der Waals surface area contributed by atoms with Crippen LogP contribution in [0.4, 0.5) is 0 Å². The molecule has 3 rings (SSSR count). The van der Waals surface area contributed by atoms with Crippen LogP contribution in [0.3, 0.4) is 0 Å². The Morgan fingerprint density at radius 2 is 2.21 bits per heavy atom. The largest absolute Gasteiger partial charge is 0.370 e. The third-order valence-corrected chi connectivity index (χ3v) is 5.32. The normalized spacial score (nSPS) is 25.3. The molecule has 1 aliphatic heterocycles. The smallest absolute Gasteiger partial charge is 0.267 e. The summed E-state index contributed by atoms with van der Waals surface area (Å²) in [6, 6.07) is 0. The van der Waals surface area contributed by atoms with Crippen LogP contribution in [-0.4, -0.2) is 21.3 Å². The Morgan fingerprint density at radius 3 is 2.95 bits per heavy atom. The van der Waals surface area contributed by atoms with Crippen molar-refractivity contribution in [3.8, 4) is 0 Å². The molecule has 1 saturated heterocycles. The lowest BCUT2D eigenvalue weighted by Crippen LogP contribution is -2.30. The lowest BCUT2D eigenvalue weighted by atomic mass is 9.98. The molecule has 0 radical (unpaired) electrons. The van der Waals surface area contributed by atoms with E-state index in [0.717, 1.165) is 18.5 Å². The van der Waals surface area contributed by atoms with Gasteiger partial charge in [-0.1, -0.05) is 12.8 Å². The second-order valence-electron chi connectivity index (χ2n) is 5.77. The molecule has 1 atom stereocenters. The van der Waals surface area contributed by atoms with Crippen molar-refractivity contribution in [3.05, 3.63) is 26.8 Å². The van der Waals surface area contributed by atoms with Crippen LogP contribution in [0.1, 0.15) is 44.2 Å². The van der Waals surface area contributed by atoms with Gasteiger partial charge in [-0.3, -0.25) is 9.36 Å². The van der Waals surface area contributed by atoms with E-state index in [2.05, 4.69) is 20.9 Å². The Labute approximate surface area is 121 Å². The molecule has 1 saturated carbocycles. The van der Waals surface area contributed by atoms with Gasteiger partial charge in [0.25, 0.3) is 5.56 Å². The van der Waals surface area contributed by atoms with E-state index in [1.54, 1.807) is 10.9 Å². The van der Waals surface area contributed by atoms with E-state index in [4.69, 9.17) is 4.74 Å². The van der Waals surface area contributed by atoms with Gasteiger partial charge in [0.1, 0.15) is 4.47 Å². The number of aryl methyl sites for hydroxylation is 1. The topological polar surface area (TPSA) is 44.1 Å². The molecule has 0 aromatic carbocycles. The summed E-state index contributed by atoms with van der Waals surface area (Å²) in [5, 5.41) is 0. The number of aromatic nitrogens is 2. The Hall–Kier alpha value is -0.680. The van der Waals surface area contributed by atoms with Gasteiger partial charge in [0.15, 0.2) is 0 Å². The molecule has 2 aliphatic rings. The summed E-state index contributed by atoms with van der Waals surface area (Å²) in [6.45, 7) is 2.45. The summed E-state index contributed by atoms with van der Waals surface area (Å²) in [6.07, 6.45) is 8.93. The first kappa shape index (κ1) is 13.3. The van der Waals surface area contributed by atoms with E-state index < -0.39 is 0 Å². The molecule has 1 spiro atoms. The molecule has 1 unspecified atom stereocenters. The van der Waals surface area contributed by atoms with E-state index in [0.29, 0.717) is 11.0 Å². The van der Waals surface area contributed by atoms with Gasteiger partial charge in [-0.15, -0.1) is 0 Å². The predicted octanol–water partition coefficient (Wildman–Crippen LogP) is 2.81. The molecule has 4 nitrogen and oxygen atoms in total. The van der Waals surface area contributed by atoms with Crippen LogP contribution >= 0.6 is 15.9 Å². The molecule has 2 fully saturated rings. The van der Waals surface area contributed by atoms with Crippen molar-refractivity contribution < 1.29 is 4.74 Å². The molecule has 0 bridgehead atoms. The molecular weight excluding hydrogens is 308 g/mol. The average molecular weight is 327 g/mol. The molecule has 0 N–H and O–H groups in total. The summed E-state index contributed by atoms with van der Waals surface area (Å²) in [5.41, 5.74) is 0.855. The minimum atomic E-state index is -0.0107. The van der Waals surface area contributed by atoms with Crippen LogP contribution in [-0.2, 0) is 11.3 Å². The van der Waals surface area contributed by atoms with E-state index in [9.17, 15) is 4.79 Å². The zero-order valence-corrected chi connectivity index (χ0v) is 12.8. The summed E-state index contributed by atoms with van der Waals surface area (Å²) < 4.78 is 8.46. The Morgan fingerprint density at radius 1 is 1.47 bits per heavy atom. The summed E-state index contributed by atoms with van der Waals surface area (Å²) in [5.74, 6) is 0. The number of hydrogen-bond acceptors (Lipinski definition) is 3. The van der Waals surface area contributed by atoms with Crippen LogP contribution in [0.2, 0.25) is 0 Å². The molecule has 1 aromatic rings. The van der Waals surface area contributed by atoms with Crippen LogP contribution in [0.15, 0.2) is 15.6 Å². The monoisotopic (exact) mass is 326 g/mol. The summed E-state index contributed by atoms with van der Waals surface area (Å²) in [7, 11) is 0. The fourth-order valence-electron chi connectivity index (χ4n) is 3.31. The lowest BCUT2D eigenvalue weighted by Gasteiger charge is -2.24. The number of nitrogens with zero attached hydrogens (tertiary/aromatic N) is 2. The maximum Gasteiger partial charge on any atom is 0.267 e. The highest BCUT2D eigenvalue weighted by molar-refractivity contribution is 9.10. The van der Waals surface area contributed by atoms with Gasteiger partial charge in [0.05, 0.1) is 30.3 Å². The van der Waals surface area contributed by atoms with Gasteiger partial charge in [0.2, 0.25) is 0 Å². The maximum absolute atomic E-state index is 12.1. The van der Waals surface area contributed by atoms with Gasteiger partial charge in [0, 0.05) is 0 Å². The minimum absolute atomic E-state index is 0.0107. The first-order valence-electron chi connectivity index (χ1n) is 6.99. The van der Waals surface area contributed by atoms with Crippen molar-refractivity contribution in [2.75, 3.05) is 0 Å². The standard InChI is InChI=1S/C14H19BrN2O2/c1-10-12(15)13(18)17(9-16-10)8-11-4-7-14(19-11)5-2-3-6-14/h9,11H,2-8H2,1H3. The summed E-state index contributed by atoms with van der Waals surface area (Å²) >= 11 is 3.30. The van der Waals surface area contributed by atoms with Crippen molar-refractivity contribution in [1.29, 1.82) is 0 Å². The molecule has 1 aliphatic carbocycles. The van der Waals surface area contributed by atoms with E-state index >= 15 is 0 Å². The fraction of sp³-hybridized carbons (Fsp3) is 0.714. The van der Waals surface area contributed by atoms with Crippen molar-refractivity contribution in [2.24, 2.45) is 0 Å². The predicted molar refractivity (Wildman–Crippen MR) is 76.2 cm³/mol. The quantitative estimate of drug-likeness (QED) is 0.839. The van der Waals surface area contributed by atoms with Crippen molar-refractivity contribution in [1.82, 2.24) is 9.55 Å². The van der Waals surface area contributed by atoms with Crippen LogP contribution in [0.25, 0.3) is 0 Å². The lowest BCUT2D eigenvalue weighted by molar-refractivity contribution is -0.0422. The molecular formula is C14H19BrN2O2. The molecule has 5 heteroatoms. The number of ether oxygens (including phenoxy) is 1. The Kier molecular flexibility index (Phi) is 3.52. The van der Waals surface area contributed by atoms with E-state index in [-0.39, 0.29) is 17.3 Å². The van der Waals surface area contributed by atoms with Gasteiger partial charge in [-0.2, -0.15) is 0 Å². The number of rotatable bonds is 2. The van der Waals surface area contributed by atoms with Crippen molar-refractivity contribution in [3.63, 3.8) is 0 Å². The summed E-state index contributed by atoms with van der Waals surface area (Å²) in [4.78, 5) is 16.3. The zero-order valence-electron chi connectivity index (χ0n) is 11.2. The highest BCUT2D eigenvalue weighted by Gasteiger charge is 2.42. The van der Waals surface area contributed by atoms with E-state index in [1.165, 1.54) is 25.7 Å². The molecule has 19 heavy (non-hydrogen) atoms. The second-order valence-corrected chi connectivity index (χ2v) is 6.56. The molecule has 1 aromatic heterocycles. The Bertz CT molecular complexity index is 535. The Balaban J connectivity index is 1.73. The van der Waals surface area contributed by atoms with Crippen molar-refractivity contribution in [2.45, 2.75) is 63.7 Å². The zero-order chi connectivity index (χ0) is 13.5. The van der Waals surface area contributed by atoms with E-state index in [1.807, 2.05) is 6.92 Å². The third kappa shape index (κ3) is 2.50. The van der Waals surface area contributed by atoms with Gasteiger partial charge >= 0.3 is 0 Å². The first-order chi connectivity index (χ1) is 9.10. The SMILES string of the molecule is Cc1ncn(CC2CCC3(CCCC3)O2)c(=O)c1Br. The van der Waals surface area contributed by atoms with Gasteiger partial charge in [-0.05, 0) is 48.5 Å². The van der Waals surface area contributed by atoms with Gasteiger partial charge in [-0.25, -0.2) is 4.98 Å². The number of halogens is 1. The fourth-order valence-corrected chi connectivity index (χ4v) is 3.64. The first-order valence-corrected chi connectivity index (χ1v) is 7.78. The molecule has 0 amide bonds. The third-order valence-electron chi connectivity index (χ3n) is 4.41. The highest BCUT2D eigenvalue weighted by atomic mass is 79.9. The average Bonchev–Trinajstić information content (AvgIpc) is 3.01. The van der Waals surface area contributed by atoms with Crippen LogP contribution in [0.5, 0.6) is 0 Å². The van der Waals surface area contributed by atoms with Crippen LogP contribution < -0.4 is 5.56 Å². The maximum atomic E-state index is 12.1. The minimum Gasteiger partial charge on any atom is -0.370 e. The highest BCUT2D eigenvalue weighted by Crippen LogP contribution is 2.43.